The summed E-state index contributed by atoms with van der Waals surface area (Å²) in [6, 6.07) is 7.59. The zero-order chi connectivity index (χ0) is 21.2. The molecule has 4 heterocycles. The van der Waals surface area contributed by atoms with Crippen molar-refractivity contribution in [3.63, 3.8) is 0 Å². The van der Waals surface area contributed by atoms with E-state index in [-0.39, 0.29) is 5.91 Å². The first-order valence-electron chi connectivity index (χ1n) is 10.6. The Bertz CT molecular complexity index is 1090. The molecule has 0 spiro atoms. The Labute approximate surface area is 180 Å². The van der Waals surface area contributed by atoms with Crippen LogP contribution in [0.5, 0.6) is 5.75 Å². The molecule has 9 heteroatoms. The number of carbonyl (C=O) groups excluding carboxylic acids is 1. The van der Waals surface area contributed by atoms with E-state index in [1.165, 1.54) is 0 Å². The summed E-state index contributed by atoms with van der Waals surface area (Å²) in [4.78, 5) is 22.1. The molecule has 0 radical (unpaired) electrons. The molecule has 1 fully saturated rings. The maximum absolute atomic E-state index is 13.2. The largest absolute Gasteiger partial charge is 0.490 e. The third-order valence-corrected chi connectivity index (χ3v) is 5.72. The number of anilines is 1. The highest BCUT2D eigenvalue weighted by molar-refractivity contribution is 5.98. The Kier molecular flexibility index (Phi) is 5.44. The van der Waals surface area contributed by atoms with Gasteiger partial charge in [-0.2, -0.15) is 5.10 Å². The number of aromatic nitrogens is 3. The molecule has 31 heavy (non-hydrogen) atoms. The third-order valence-electron chi connectivity index (χ3n) is 5.72. The average Bonchev–Trinajstić information content (AvgIpc) is 3.21. The monoisotopic (exact) mass is 422 g/mol. The van der Waals surface area contributed by atoms with Crippen molar-refractivity contribution in [2.75, 3.05) is 64.9 Å². The van der Waals surface area contributed by atoms with Gasteiger partial charge in [0.05, 0.1) is 25.0 Å². The smallest absolute Gasteiger partial charge is 0.257 e. The Morgan fingerprint density at radius 1 is 1.10 bits per heavy atom. The van der Waals surface area contributed by atoms with Gasteiger partial charge in [-0.3, -0.25) is 4.79 Å². The van der Waals surface area contributed by atoms with E-state index in [0.29, 0.717) is 50.8 Å². The van der Waals surface area contributed by atoms with Crippen LogP contribution in [-0.2, 0) is 4.74 Å². The van der Waals surface area contributed by atoms with Crippen LogP contribution in [0.25, 0.3) is 16.8 Å². The van der Waals surface area contributed by atoms with Gasteiger partial charge < -0.3 is 24.6 Å². The minimum absolute atomic E-state index is 0.00107. The van der Waals surface area contributed by atoms with Crippen molar-refractivity contribution in [3.05, 3.63) is 42.2 Å². The first kappa shape index (κ1) is 19.8. The highest BCUT2D eigenvalue weighted by Crippen LogP contribution is 2.31. The van der Waals surface area contributed by atoms with E-state index in [1.807, 2.05) is 35.4 Å². The Morgan fingerprint density at radius 3 is 2.84 bits per heavy atom. The molecular formula is C22H26N6O3. The highest BCUT2D eigenvalue weighted by atomic mass is 16.5. The number of nitrogens with one attached hydrogen (secondary N) is 1. The molecule has 5 rings (SSSR count). The highest BCUT2D eigenvalue weighted by Gasteiger charge is 2.24. The van der Waals surface area contributed by atoms with E-state index in [2.05, 4.69) is 22.4 Å². The van der Waals surface area contributed by atoms with Gasteiger partial charge in [0.25, 0.3) is 5.91 Å². The fourth-order valence-electron chi connectivity index (χ4n) is 3.90. The number of fused-ring (bicyclic) bond motifs is 4. The Hall–Kier alpha value is -3.17. The first-order valence-corrected chi connectivity index (χ1v) is 10.6. The molecule has 0 aliphatic carbocycles. The molecule has 2 aliphatic heterocycles. The quantitative estimate of drug-likeness (QED) is 0.638. The van der Waals surface area contributed by atoms with Crippen LogP contribution < -0.4 is 10.1 Å². The predicted octanol–water partition coefficient (Wildman–Crippen LogP) is 1.60. The van der Waals surface area contributed by atoms with Crippen LogP contribution in [0.4, 0.5) is 5.82 Å². The molecule has 2 aromatic heterocycles. The second-order valence-electron chi connectivity index (χ2n) is 7.83. The number of hydrogen-bond donors (Lipinski definition) is 1. The van der Waals surface area contributed by atoms with Gasteiger partial charge in [-0.1, -0.05) is 6.07 Å². The molecule has 0 atom stereocenters. The number of rotatable bonds is 1. The number of carbonyl (C=O) groups is 1. The van der Waals surface area contributed by atoms with Gasteiger partial charge in [-0.25, -0.2) is 9.50 Å². The molecule has 2 aliphatic rings. The standard InChI is InChI=1S/C22H26N6O3/c1-26-7-9-27(10-8-26)22(29)17-3-2-16-14-19(17)31-13-12-30-11-5-23-20-4-6-28-21(25-20)18(16)15-24-28/h2-4,6,14-15H,5,7-13H2,1H3,(H,23,25). The van der Waals surface area contributed by atoms with Gasteiger partial charge in [0, 0.05) is 44.5 Å². The van der Waals surface area contributed by atoms with Gasteiger partial charge in [-0.15, -0.1) is 0 Å². The topological polar surface area (TPSA) is 84.2 Å². The summed E-state index contributed by atoms with van der Waals surface area (Å²) in [5.74, 6) is 1.34. The second-order valence-corrected chi connectivity index (χ2v) is 7.83. The molecule has 1 N–H and O–H groups in total. The van der Waals surface area contributed by atoms with Crippen LogP contribution in [0, 0.1) is 0 Å². The number of nitrogens with zero attached hydrogens (tertiary/aromatic N) is 5. The van der Waals surface area contributed by atoms with Crippen LogP contribution in [0.15, 0.2) is 36.7 Å². The summed E-state index contributed by atoms with van der Waals surface area (Å²) in [5, 5.41) is 7.69. The summed E-state index contributed by atoms with van der Waals surface area (Å²) in [5.41, 5.74) is 3.11. The van der Waals surface area contributed by atoms with E-state index in [1.54, 1.807) is 10.7 Å². The van der Waals surface area contributed by atoms with Crippen molar-refractivity contribution in [2.45, 2.75) is 0 Å². The Balaban J connectivity index is 1.53. The van der Waals surface area contributed by atoms with Crippen molar-refractivity contribution in [2.24, 2.45) is 0 Å². The molecule has 0 unspecified atom stereocenters. The lowest BCUT2D eigenvalue weighted by Crippen LogP contribution is -2.47. The fraction of sp³-hybridized carbons (Fsp3) is 0.409. The summed E-state index contributed by atoms with van der Waals surface area (Å²) >= 11 is 0. The maximum Gasteiger partial charge on any atom is 0.257 e. The molecule has 4 bridgehead atoms. The molecule has 9 nitrogen and oxygen atoms in total. The maximum atomic E-state index is 13.2. The SMILES string of the molecule is CN1CCN(C(=O)c2ccc3cc2OCCOCCNc2ccn4ncc-3c4n2)CC1. The lowest BCUT2D eigenvalue weighted by molar-refractivity contribution is 0.0655. The fourth-order valence-corrected chi connectivity index (χ4v) is 3.90. The zero-order valence-electron chi connectivity index (χ0n) is 17.6. The predicted molar refractivity (Wildman–Crippen MR) is 117 cm³/mol. The summed E-state index contributed by atoms with van der Waals surface area (Å²) in [6.45, 7) is 5.18. The molecule has 1 aromatic carbocycles. The molecule has 3 aromatic rings. The Morgan fingerprint density at radius 2 is 1.97 bits per heavy atom. The minimum Gasteiger partial charge on any atom is -0.490 e. The number of piperazine rings is 1. The van der Waals surface area contributed by atoms with Crippen molar-refractivity contribution in [3.8, 4) is 16.9 Å². The van der Waals surface area contributed by atoms with Gasteiger partial charge in [0.1, 0.15) is 18.2 Å². The zero-order valence-corrected chi connectivity index (χ0v) is 17.6. The molecule has 1 saturated heterocycles. The number of amides is 1. The second kappa shape index (κ2) is 8.52. The van der Waals surface area contributed by atoms with E-state index >= 15 is 0 Å². The molecule has 1 amide bonds. The van der Waals surface area contributed by atoms with Crippen molar-refractivity contribution >= 4 is 17.4 Å². The van der Waals surface area contributed by atoms with Gasteiger partial charge in [0.2, 0.25) is 0 Å². The van der Waals surface area contributed by atoms with Gasteiger partial charge in [0.15, 0.2) is 5.65 Å². The third kappa shape index (κ3) is 4.06. The van der Waals surface area contributed by atoms with Crippen LogP contribution in [0.3, 0.4) is 0 Å². The number of ether oxygens (including phenoxy) is 2. The molecular weight excluding hydrogens is 396 g/mol. The van der Waals surface area contributed by atoms with Crippen LogP contribution in [-0.4, -0.2) is 89.9 Å². The molecule has 162 valence electrons. The summed E-state index contributed by atoms with van der Waals surface area (Å²) < 4.78 is 13.4. The lowest BCUT2D eigenvalue weighted by Gasteiger charge is -2.32. The van der Waals surface area contributed by atoms with Crippen molar-refractivity contribution in [1.29, 1.82) is 0 Å². The van der Waals surface area contributed by atoms with Crippen LogP contribution >= 0.6 is 0 Å². The summed E-state index contributed by atoms with van der Waals surface area (Å²) in [7, 11) is 2.07. The van der Waals surface area contributed by atoms with E-state index in [9.17, 15) is 4.79 Å². The van der Waals surface area contributed by atoms with Crippen LogP contribution in [0.2, 0.25) is 0 Å². The van der Waals surface area contributed by atoms with Gasteiger partial charge in [-0.05, 0) is 30.8 Å². The number of benzene rings is 1. The number of likely N-dealkylation sites (N-methyl/N-ethyl adjacent to an activating group) is 1. The minimum atomic E-state index is 0.00107. The first-order chi connectivity index (χ1) is 15.2. The van der Waals surface area contributed by atoms with Crippen LogP contribution in [0.1, 0.15) is 10.4 Å². The van der Waals surface area contributed by atoms with E-state index in [0.717, 1.165) is 35.7 Å². The van der Waals surface area contributed by atoms with E-state index < -0.39 is 0 Å². The van der Waals surface area contributed by atoms with Gasteiger partial charge >= 0.3 is 0 Å². The molecule has 0 saturated carbocycles. The van der Waals surface area contributed by atoms with E-state index in [4.69, 9.17) is 14.5 Å². The number of hydrogen-bond acceptors (Lipinski definition) is 7. The van der Waals surface area contributed by atoms with Crippen molar-refractivity contribution in [1.82, 2.24) is 24.4 Å². The van der Waals surface area contributed by atoms with Crippen molar-refractivity contribution < 1.29 is 14.3 Å². The lowest BCUT2D eigenvalue weighted by atomic mass is 10.0. The normalized spacial score (nSPS) is 17.8. The summed E-state index contributed by atoms with van der Waals surface area (Å²) in [6.07, 6.45) is 3.67. The average molecular weight is 422 g/mol.